The zero-order chi connectivity index (χ0) is 12.7. The van der Waals surface area contributed by atoms with E-state index in [4.69, 9.17) is 10.8 Å². The lowest BCUT2D eigenvalue weighted by Crippen LogP contribution is -2.24. The molecule has 1 rings (SSSR count). The van der Waals surface area contributed by atoms with E-state index in [0.29, 0.717) is 5.92 Å². The molecule has 0 aromatic heterocycles. The third kappa shape index (κ3) is 8.19. The maximum atomic E-state index is 10.5. The molecule has 0 aromatic carbocycles. The molecule has 0 aromatic rings. The van der Waals surface area contributed by atoms with Crippen molar-refractivity contribution in [1.82, 2.24) is 0 Å². The lowest BCUT2D eigenvalue weighted by Gasteiger charge is -2.14. The first-order chi connectivity index (χ1) is 8.08. The van der Waals surface area contributed by atoms with Crippen LogP contribution in [0.5, 0.6) is 0 Å². The third-order valence-corrected chi connectivity index (χ3v) is 3.72. The Kier molecular flexibility index (Phi) is 6.56. The summed E-state index contributed by atoms with van der Waals surface area (Å²) >= 11 is 0. The first-order valence-corrected chi connectivity index (χ1v) is 7.05. The summed E-state index contributed by atoms with van der Waals surface area (Å²) in [5, 5.41) is 8.60. The van der Waals surface area contributed by atoms with Crippen molar-refractivity contribution in [1.29, 1.82) is 0 Å². The minimum absolute atomic E-state index is 0.106. The summed E-state index contributed by atoms with van der Waals surface area (Å²) in [4.78, 5) is 10.5. The lowest BCUT2D eigenvalue weighted by atomic mass is 9.95. The van der Waals surface area contributed by atoms with Crippen LogP contribution in [0.4, 0.5) is 0 Å². The van der Waals surface area contributed by atoms with Gasteiger partial charge >= 0.3 is 5.97 Å². The molecule has 1 aliphatic carbocycles. The number of carboxylic acids is 1. The molecule has 0 amide bonds. The number of nitrogens with two attached hydrogens (primary N) is 1. The van der Waals surface area contributed by atoms with Gasteiger partial charge in [-0.05, 0) is 24.7 Å². The van der Waals surface area contributed by atoms with Crippen LogP contribution in [-0.4, -0.2) is 17.1 Å². The average molecular weight is 241 g/mol. The summed E-state index contributed by atoms with van der Waals surface area (Å²) in [5.41, 5.74) is 5.74. The van der Waals surface area contributed by atoms with Gasteiger partial charge in [-0.2, -0.15) is 0 Å². The molecule has 1 saturated carbocycles. The number of unbranched alkanes of at least 4 members (excludes halogenated alkanes) is 1. The Hall–Kier alpha value is -0.570. The van der Waals surface area contributed by atoms with E-state index in [-0.39, 0.29) is 12.5 Å². The largest absolute Gasteiger partial charge is 0.481 e. The van der Waals surface area contributed by atoms with Crippen LogP contribution >= 0.6 is 0 Å². The van der Waals surface area contributed by atoms with Crippen LogP contribution in [0.2, 0.25) is 0 Å². The van der Waals surface area contributed by atoms with Crippen molar-refractivity contribution in [2.75, 3.05) is 0 Å². The van der Waals surface area contributed by atoms with E-state index in [1.807, 2.05) is 0 Å². The molecule has 0 spiro atoms. The van der Waals surface area contributed by atoms with Crippen LogP contribution in [0.25, 0.3) is 0 Å². The third-order valence-electron chi connectivity index (χ3n) is 3.72. The van der Waals surface area contributed by atoms with Crippen molar-refractivity contribution < 1.29 is 9.90 Å². The van der Waals surface area contributed by atoms with Gasteiger partial charge in [0.25, 0.3) is 0 Å². The van der Waals surface area contributed by atoms with Gasteiger partial charge in [-0.15, -0.1) is 0 Å². The Balaban J connectivity index is 1.91. The van der Waals surface area contributed by atoms with Gasteiger partial charge in [0.05, 0.1) is 6.42 Å². The molecule has 0 aliphatic heterocycles. The molecular formula is C14H27NO2. The van der Waals surface area contributed by atoms with E-state index >= 15 is 0 Å². The normalized spacial score (nSPS) is 18.9. The minimum atomic E-state index is -0.783. The fourth-order valence-electron chi connectivity index (χ4n) is 2.30. The monoisotopic (exact) mass is 241 g/mol. The summed E-state index contributed by atoms with van der Waals surface area (Å²) in [6.07, 6.45) is 10.3. The Bertz CT molecular complexity index is 226. The summed E-state index contributed by atoms with van der Waals surface area (Å²) in [6, 6.07) is -0.165. The maximum Gasteiger partial charge on any atom is 0.304 e. The highest BCUT2D eigenvalue weighted by Gasteiger charge is 2.20. The predicted octanol–water partition coefficient (Wildman–Crippen LogP) is 3.18. The van der Waals surface area contributed by atoms with Gasteiger partial charge in [0.2, 0.25) is 0 Å². The second kappa shape index (κ2) is 7.70. The molecule has 3 N–H and O–H groups in total. The molecular weight excluding hydrogens is 214 g/mol. The van der Waals surface area contributed by atoms with E-state index in [9.17, 15) is 4.79 Å². The Morgan fingerprint density at radius 2 is 2.00 bits per heavy atom. The summed E-state index contributed by atoms with van der Waals surface area (Å²) in [6.45, 7) is 2.25. The van der Waals surface area contributed by atoms with Gasteiger partial charge in [0, 0.05) is 6.04 Å². The van der Waals surface area contributed by atoms with Gasteiger partial charge < -0.3 is 10.8 Å². The van der Waals surface area contributed by atoms with Crippen LogP contribution in [0, 0.1) is 11.8 Å². The highest BCUT2D eigenvalue weighted by Crippen LogP contribution is 2.34. The maximum absolute atomic E-state index is 10.5. The highest BCUT2D eigenvalue weighted by molar-refractivity contribution is 5.67. The topological polar surface area (TPSA) is 63.3 Å². The van der Waals surface area contributed by atoms with E-state index in [0.717, 1.165) is 18.8 Å². The molecule has 2 atom stereocenters. The fraction of sp³-hybridized carbons (Fsp3) is 0.929. The van der Waals surface area contributed by atoms with Crippen molar-refractivity contribution in [3.05, 3.63) is 0 Å². The number of carboxylic acid groups (broad SMARTS) is 1. The quantitative estimate of drug-likeness (QED) is 0.577. The van der Waals surface area contributed by atoms with Crippen molar-refractivity contribution >= 4 is 5.97 Å². The molecule has 0 saturated heterocycles. The van der Waals surface area contributed by atoms with E-state index in [1.165, 1.54) is 38.5 Å². The smallest absolute Gasteiger partial charge is 0.304 e. The van der Waals surface area contributed by atoms with Crippen molar-refractivity contribution in [2.45, 2.75) is 70.8 Å². The number of carbonyl (C=O) groups is 1. The van der Waals surface area contributed by atoms with Crippen molar-refractivity contribution in [3.8, 4) is 0 Å². The molecule has 0 radical (unpaired) electrons. The fourth-order valence-corrected chi connectivity index (χ4v) is 2.30. The molecule has 0 unspecified atom stereocenters. The Labute approximate surface area is 105 Å². The lowest BCUT2D eigenvalue weighted by molar-refractivity contribution is -0.137. The van der Waals surface area contributed by atoms with Crippen LogP contribution in [0.3, 0.4) is 0 Å². The van der Waals surface area contributed by atoms with E-state index in [2.05, 4.69) is 6.92 Å². The molecule has 0 heterocycles. The zero-order valence-electron chi connectivity index (χ0n) is 11.0. The zero-order valence-corrected chi connectivity index (χ0v) is 11.0. The number of hydrogen-bond acceptors (Lipinski definition) is 2. The molecule has 3 heteroatoms. The van der Waals surface area contributed by atoms with Crippen molar-refractivity contribution in [2.24, 2.45) is 17.6 Å². The Morgan fingerprint density at radius 3 is 2.59 bits per heavy atom. The second-order valence-corrected chi connectivity index (χ2v) is 5.77. The highest BCUT2D eigenvalue weighted by atomic mass is 16.4. The molecule has 100 valence electrons. The van der Waals surface area contributed by atoms with Gasteiger partial charge in [-0.25, -0.2) is 0 Å². The SMILES string of the molecule is C[C@H](CCCCC1CC1)CC[C@H](N)CC(=O)O. The number of rotatable bonds is 10. The first kappa shape index (κ1) is 14.5. The minimum Gasteiger partial charge on any atom is -0.481 e. The predicted molar refractivity (Wildman–Crippen MR) is 69.8 cm³/mol. The standard InChI is InChI=1S/C14H27NO2/c1-11(4-2-3-5-12-7-8-12)6-9-13(15)10-14(16)17/h11-13H,2-10,15H2,1H3,(H,16,17)/t11-,13+/m1/s1. The summed E-state index contributed by atoms with van der Waals surface area (Å²) in [5.74, 6) is 0.956. The molecule has 0 bridgehead atoms. The molecule has 17 heavy (non-hydrogen) atoms. The molecule has 3 nitrogen and oxygen atoms in total. The summed E-state index contributed by atoms with van der Waals surface area (Å²) in [7, 11) is 0. The molecule has 1 fully saturated rings. The first-order valence-electron chi connectivity index (χ1n) is 7.05. The van der Waals surface area contributed by atoms with E-state index < -0.39 is 5.97 Å². The number of aliphatic carboxylic acids is 1. The van der Waals surface area contributed by atoms with Crippen molar-refractivity contribution in [3.63, 3.8) is 0 Å². The Morgan fingerprint density at radius 1 is 1.29 bits per heavy atom. The van der Waals surface area contributed by atoms with E-state index in [1.54, 1.807) is 0 Å². The summed E-state index contributed by atoms with van der Waals surface area (Å²) < 4.78 is 0. The van der Waals surface area contributed by atoms with Crippen LogP contribution in [-0.2, 0) is 4.79 Å². The van der Waals surface area contributed by atoms with Gasteiger partial charge in [-0.1, -0.05) is 45.4 Å². The van der Waals surface area contributed by atoms with Gasteiger partial charge in [0.1, 0.15) is 0 Å². The molecule has 1 aliphatic rings. The second-order valence-electron chi connectivity index (χ2n) is 5.77. The van der Waals surface area contributed by atoms with Gasteiger partial charge in [0.15, 0.2) is 0 Å². The van der Waals surface area contributed by atoms with Crippen LogP contribution < -0.4 is 5.73 Å². The average Bonchev–Trinajstić information content (AvgIpc) is 3.04. The van der Waals surface area contributed by atoms with Gasteiger partial charge in [-0.3, -0.25) is 4.79 Å². The number of hydrogen-bond donors (Lipinski definition) is 2. The van der Waals surface area contributed by atoms with Crippen LogP contribution in [0.1, 0.15) is 64.7 Å². The van der Waals surface area contributed by atoms with Crippen LogP contribution in [0.15, 0.2) is 0 Å².